The number of carbonyl (C=O) groups excluding carboxylic acids is 1. The van der Waals surface area contributed by atoms with E-state index in [0.29, 0.717) is 13.0 Å². The Morgan fingerprint density at radius 1 is 0.553 bits per heavy atom. The van der Waals surface area contributed by atoms with E-state index in [1.165, 1.54) is 129 Å². The van der Waals surface area contributed by atoms with Crippen LogP contribution in [0.25, 0.3) is 0 Å². The van der Waals surface area contributed by atoms with E-state index in [0.717, 1.165) is 45.2 Å². The minimum Gasteiger partial charge on any atom is -0.462 e. The Hall–Kier alpha value is -0.610. The zero-order valence-electron chi connectivity index (χ0n) is 26.3. The lowest BCUT2D eigenvalue weighted by Crippen LogP contribution is -2.27. The summed E-state index contributed by atoms with van der Waals surface area (Å²) in [5.74, 6) is 0.0314. The second-order valence-corrected chi connectivity index (χ2v) is 11.7. The van der Waals surface area contributed by atoms with Crippen LogP contribution in [0.5, 0.6) is 0 Å². The molecule has 1 atom stereocenters. The second-order valence-electron chi connectivity index (χ2n) is 11.7. The van der Waals surface area contributed by atoms with Gasteiger partial charge in [-0.15, -0.1) is 0 Å². The van der Waals surface area contributed by atoms with Gasteiger partial charge >= 0.3 is 5.97 Å². The first-order chi connectivity index (χ1) is 18.7. The minimum atomic E-state index is 0.0314. The summed E-state index contributed by atoms with van der Waals surface area (Å²) in [6.45, 7) is 10.4. The fraction of sp³-hybridized carbons (Fsp3) is 0.971. The highest BCUT2D eigenvalue weighted by Crippen LogP contribution is 2.17. The van der Waals surface area contributed by atoms with Crippen LogP contribution in [0.2, 0.25) is 0 Å². The Bertz CT molecular complexity index is 471. The first kappa shape index (κ1) is 37.4. The molecule has 228 valence electrons. The molecule has 1 N–H and O–H groups in total. The predicted molar refractivity (Wildman–Crippen MR) is 166 cm³/mol. The van der Waals surface area contributed by atoms with Gasteiger partial charge in [-0.2, -0.15) is 0 Å². The van der Waals surface area contributed by atoms with Gasteiger partial charge in [-0.3, -0.25) is 4.79 Å². The molecule has 0 radical (unpaired) electrons. The summed E-state index contributed by atoms with van der Waals surface area (Å²) in [5, 5.41) is 9.25. The number of ether oxygens (including phenoxy) is 1. The van der Waals surface area contributed by atoms with Crippen LogP contribution < -0.4 is 0 Å². The number of aliphatic hydroxyl groups is 1. The van der Waals surface area contributed by atoms with Crippen molar-refractivity contribution in [2.45, 2.75) is 187 Å². The number of carbonyl (C=O) groups is 1. The molecule has 0 rings (SSSR count). The normalized spacial score (nSPS) is 12.3. The van der Waals surface area contributed by atoms with Crippen LogP contribution in [0.15, 0.2) is 0 Å². The van der Waals surface area contributed by atoms with Crippen molar-refractivity contribution in [3.05, 3.63) is 0 Å². The average molecular weight is 540 g/mol. The molecule has 4 nitrogen and oxygen atoms in total. The van der Waals surface area contributed by atoms with E-state index in [4.69, 9.17) is 4.74 Å². The van der Waals surface area contributed by atoms with Gasteiger partial charge in [0.25, 0.3) is 0 Å². The molecule has 0 aromatic heterocycles. The van der Waals surface area contributed by atoms with Gasteiger partial charge < -0.3 is 14.7 Å². The summed E-state index contributed by atoms with van der Waals surface area (Å²) in [5.41, 5.74) is 0. The van der Waals surface area contributed by atoms with Crippen molar-refractivity contribution in [2.75, 3.05) is 26.2 Å². The van der Waals surface area contributed by atoms with Crippen LogP contribution in [0.1, 0.15) is 181 Å². The molecule has 0 aromatic carbocycles. The van der Waals surface area contributed by atoms with Crippen molar-refractivity contribution in [1.82, 2.24) is 4.90 Å². The molecule has 0 fully saturated rings. The van der Waals surface area contributed by atoms with Crippen LogP contribution in [0, 0.1) is 0 Å². The van der Waals surface area contributed by atoms with E-state index in [1.807, 2.05) is 0 Å². The van der Waals surface area contributed by atoms with Gasteiger partial charge in [-0.1, -0.05) is 124 Å². The van der Waals surface area contributed by atoms with Crippen LogP contribution >= 0.6 is 0 Å². The van der Waals surface area contributed by atoms with Gasteiger partial charge in [-0.25, -0.2) is 0 Å². The van der Waals surface area contributed by atoms with Gasteiger partial charge in [-0.05, 0) is 64.5 Å². The number of aliphatic hydroxyl groups excluding tert-OH is 1. The van der Waals surface area contributed by atoms with Gasteiger partial charge in [0.15, 0.2) is 0 Å². The van der Waals surface area contributed by atoms with Gasteiger partial charge in [0, 0.05) is 19.6 Å². The zero-order valence-corrected chi connectivity index (χ0v) is 26.3. The highest BCUT2D eigenvalue weighted by atomic mass is 16.5. The Morgan fingerprint density at radius 3 is 1.45 bits per heavy atom. The number of hydrogen-bond donors (Lipinski definition) is 1. The third kappa shape index (κ3) is 27.0. The summed E-state index contributed by atoms with van der Waals surface area (Å²) >= 11 is 0. The van der Waals surface area contributed by atoms with Crippen molar-refractivity contribution in [3.63, 3.8) is 0 Å². The van der Waals surface area contributed by atoms with E-state index in [1.54, 1.807) is 0 Å². The fourth-order valence-corrected chi connectivity index (χ4v) is 5.34. The lowest BCUT2D eigenvalue weighted by Gasteiger charge is -2.22. The molecule has 0 saturated carbocycles. The molecule has 0 aliphatic rings. The van der Waals surface area contributed by atoms with E-state index in [2.05, 4.69) is 25.7 Å². The van der Waals surface area contributed by atoms with Crippen molar-refractivity contribution >= 4 is 5.97 Å². The molecule has 0 heterocycles. The second kappa shape index (κ2) is 30.9. The first-order valence-corrected chi connectivity index (χ1v) is 17.2. The largest absolute Gasteiger partial charge is 0.462 e. The number of nitrogens with zero attached hydrogens (tertiary/aromatic N) is 1. The fourth-order valence-electron chi connectivity index (χ4n) is 5.34. The van der Waals surface area contributed by atoms with Gasteiger partial charge in [0.1, 0.15) is 6.10 Å². The topological polar surface area (TPSA) is 49.8 Å². The monoisotopic (exact) mass is 540 g/mol. The Labute approximate surface area is 239 Å². The zero-order chi connectivity index (χ0) is 27.9. The number of hydrogen-bond acceptors (Lipinski definition) is 4. The third-order valence-electron chi connectivity index (χ3n) is 7.87. The standard InChI is InChI=1S/C34H69NO3/c1-4-7-10-13-14-18-23-29-35(31-25-32-36)30-24-19-15-17-22-28-34(37)38-33(26-20-12-9-6-3)27-21-16-11-8-5-2/h33,36H,4-32H2,1-3H3. The van der Waals surface area contributed by atoms with Crippen molar-refractivity contribution < 1.29 is 14.6 Å². The first-order valence-electron chi connectivity index (χ1n) is 17.2. The van der Waals surface area contributed by atoms with Gasteiger partial charge in [0.2, 0.25) is 0 Å². The Morgan fingerprint density at radius 2 is 0.947 bits per heavy atom. The molecule has 0 aliphatic carbocycles. The molecular weight excluding hydrogens is 470 g/mol. The molecule has 0 saturated heterocycles. The number of rotatable bonds is 31. The lowest BCUT2D eigenvalue weighted by atomic mass is 10.0. The maximum Gasteiger partial charge on any atom is 0.306 e. The van der Waals surface area contributed by atoms with Crippen LogP contribution in [0.3, 0.4) is 0 Å². The summed E-state index contributed by atoms with van der Waals surface area (Å²) in [6.07, 6.45) is 30.3. The van der Waals surface area contributed by atoms with Gasteiger partial charge in [0.05, 0.1) is 0 Å². The quantitative estimate of drug-likeness (QED) is 0.0703. The average Bonchev–Trinajstić information content (AvgIpc) is 2.92. The Balaban J connectivity index is 4.01. The summed E-state index contributed by atoms with van der Waals surface area (Å²) in [7, 11) is 0. The molecule has 0 aliphatic heterocycles. The SMILES string of the molecule is CCCCCCCCCN(CCCO)CCCCCCCC(=O)OC(CCCCCC)CCCCCCC. The molecule has 0 bridgehead atoms. The maximum atomic E-state index is 12.5. The smallest absolute Gasteiger partial charge is 0.306 e. The van der Waals surface area contributed by atoms with E-state index in [9.17, 15) is 9.90 Å². The lowest BCUT2D eigenvalue weighted by molar-refractivity contribution is -0.150. The van der Waals surface area contributed by atoms with E-state index in [-0.39, 0.29) is 12.1 Å². The molecular formula is C34H69NO3. The Kier molecular flexibility index (Phi) is 30.4. The van der Waals surface area contributed by atoms with Crippen molar-refractivity contribution in [1.29, 1.82) is 0 Å². The van der Waals surface area contributed by atoms with Crippen molar-refractivity contribution in [3.8, 4) is 0 Å². The maximum absolute atomic E-state index is 12.5. The minimum absolute atomic E-state index is 0.0314. The highest BCUT2D eigenvalue weighted by molar-refractivity contribution is 5.69. The molecule has 4 heteroatoms. The molecule has 38 heavy (non-hydrogen) atoms. The van der Waals surface area contributed by atoms with Crippen LogP contribution in [-0.2, 0) is 9.53 Å². The molecule has 0 spiro atoms. The predicted octanol–water partition coefficient (Wildman–Crippen LogP) is 10.0. The number of esters is 1. The molecule has 0 aromatic rings. The highest BCUT2D eigenvalue weighted by Gasteiger charge is 2.14. The van der Waals surface area contributed by atoms with Crippen LogP contribution in [0.4, 0.5) is 0 Å². The van der Waals surface area contributed by atoms with E-state index < -0.39 is 0 Å². The summed E-state index contributed by atoms with van der Waals surface area (Å²) < 4.78 is 5.94. The molecule has 0 amide bonds. The van der Waals surface area contributed by atoms with E-state index >= 15 is 0 Å². The summed E-state index contributed by atoms with van der Waals surface area (Å²) in [4.78, 5) is 15.1. The number of unbranched alkanes of at least 4 members (excludes halogenated alkanes) is 17. The van der Waals surface area contributed by atoms with Crippen molar-refractivity contribution in [2.24, 2.45) is 0 Å². The van der Waals surface area contributed by atoms with Crippen LogP contribution in [-0.4, -0.2) is 48.3 Å². The summed E-state index contributed by atoms with van der Waals surface area (Å²) in [6, 6.07) is 0. The third-order valence-corrected chi connectivity index (χ3v) is 7.87. The molecule has 1 unspecified atom stereocenters.